The van der Waals surface area contributed by atoms with E-state index >= 15 is 0 Å². The maximum Gasteiger partial charge on any atom is 0.226 e. The van der Waals surface area contributed by atoms with E-state index in [0.29, 0.717) is 13.1 Å². The van der Waals surface area contributed by atoms with Crippen LogP contribution in [0.15, 0.2) is 0 Å². The zero-order valence-corrected chi connectivity index (χ0v) is 13.4. The molecule has 2 unspecified atom stereocenters. The van der Waals surface area contributed by atoms with Crippen LogP contribution in [0.2, 0.25) is 0 Å². The second kappa shape index (κ2) is 8.72. The summed E-state index contributed by atoms with van der Waals surface area (Å²) in [6, 6.07) is -0.276. The minimum absolute atomic E-state index is 0. The van der Waals surface area contributed by atoms with Gasteiger partial charge in [0.05, 0.1) is 5.75 Å². The fourth-order valence-electron chi connectivity index (χ4n) is 1.89. The highest BCUT2D eigenvalue weighted by atomic mass is 35.5. The molecule has 7 heteroatoms. The Balaban J connectivity index is 0. The van der Waals surface area contributed by atoms with E-state index < -0.39 is 9.84 Å². The second-order valence-corrected chi connectivity index (χ2v) is 6.71. The summed E-state index contributed by atoms with van der Waals surface area (Å²) in [6.07, 6.45) is 1.19. The van der Waals surface area contributed by atoms with Crippen molar-refractivity contribution >= 4 is 28.2 Å². The van der Waals surface area contributed by atoms with Gasteiger partial charge in [-0.2, -0.15) is 0 Å². The van der Waals surface area contributed by atoms with Gasteiger partial charge in [-0.3, -0.25) is 4.79 Å². The lowest BCUT2D eigenvalue weighted by Gasteiger charge is -2.30. The Kier molecular flexibility index (Phi) is 9.68. The van der Waals surface area contributed by atoms with Crippen molar-refractivity contribution in [1.29, 1.82) is 0 Å². The molecule has 2 atom stereocenters. The van der Waals surface area contributed by atoms with Crippen molar-refractivity contribution in [3.05, 3.63) is 0 Å². The largest absolute Gasteiger partial charge is 0.339 e. The van der Waals surface area contributed by atoms with Crippen LogP contribution in [0, 0.1) is 5.92 Å². The van der Waals surface area contributed by atoms with Crippen LogP contribution in [0.4, 0.5) is 0 Å². The van der Waals surface area contributed by atoms with Gasteiger partial charge in [-0.25, -0.2) is 8.42 Å². The van der Waals surface area contributed by atoms with Crippen LogP contribution in [0.25, 0.3) is 0 Å². The maximum atomic E-state index is 12.1. The number of nitrogens with one attached hydrogen (secondary N) is 1. The van der Waals surface area contributed by atoms with Crippen molar-refractivity contribution in [1.82, 2.24) is 10.2 Å². The van der Waals surface area contributed by atoms with Gasteiger partial charge in [0.1, 0.15) is 9.84 Å². The summed E-state index contributed by atoms with van der Waals surface area (Å²) >= 11 is 0. The normalized spacial score (nSPS) is 14.5. The molecule has 0 aliphatic heterocycles. The molecule has 0 aromatic heterocycles. The summed E-state index contributed by atoms with van der Waals surface area (Å²) in [7, 11) is -1.27. The van der Waals surface area contributed by atoms with Gasteiger partial charge in [0.15, 0.2) is 0 Å². The molecule has 0 heterocycles. The van der Waals surface area contributed by atoms with Crippen LogP contribution in [0.3, 0.4) is 0 Å². The molecule has 0 saturated carbocycles. The molecule has 0 aromatic carbocycles. The Labute approximate surface area is 117 Å². The van der Waals surface area contributed by atoms with Gasteiger partial charge in [0.2, 0.25) is 5.91 Å². The molecule has 0 fully saturated rings. The minimum atomic E-state index is -3.06. The van der Waals surface area contributed by atoms with Gasteiger partial charge in [-0.1, -0.05) is 6.92 Å². The first-order chi connectivity index (χ1) is 7.72. The second-order valence-electron chi connectivity index (χ2n) is 4.52. The third-order valence-electron chi connectivity index (χ3n) is 2.63. The van der Waals surface area contributed by atoms with Crippen LogP contribution in [0.5, 0.6) is 0 Å². The Morgan fingerprint density at radius 2 is 1.83 bits per heavy atom. The first kappa shape index (κ1) is 20.0. The number of nitrogens with zero attached hydrogens (tertiary/aromatic N) is 1. The fourth-order valence-corrected chi connectivity index (χ4v) is 2.95. The molecular formula is C11H25ClN2O3S. The van der Waals surface area contributed by atoms with Crippen molar-refractivity contribution in [2.24, 2.45) is 5.92 Å². The highest BCUT2D eigenvalue weighted by molar-refractivity contribution is 7.90. The van der Waals surface area contributed by atoms with E-state index in [0.717, 1.165) is 0 Å². The third-order valence-corrected chi connectivity index (χ3v) is 3.72. The highest BCUT2D eigenvalue weighted by Gasteiger charge is 2.25. The summed E-state index contributed by atoms with van der Waals surface area (Å²) < 4.78 is 22.5. The molecule has 1 amide bonds. The molecule has 0 radical (unpaired) electrons. The van der Waals surface area contributed by atoms with E-state index in [1.54, 1.807) is 18.9 Å². The summed E-state index contributed by atoms with van der Waals surface area (Å²) in [5, 5.41) is 2.95. The van der Waals surface area contributed by atoms with Crippen LogP contribution < -0.4 is 5.32 Å². The Bertz CT molecular complexity index is 346. The van der Waals surface area contributed by atoms with Gasteiger partial charge in [-0.15, -0.1) is 12.4 Å². The number of sulfone groups is 1. The third kappa shape index (κ3) is 7.18. The van der Waals surface area contributed by atoms with Crippen LogP contribution >= 0.6 is 12.4 Å². The molecule has 0 bridgehead atoms. The SMILES string of the molecule is CCN(C(=O)C(C)CNC)C(C)CS(C)(=O)=O.Cl. The number of amides is 1. The monoisotopic (exact) mass is 300 g/mol. The maximum absolute atomic E-state index is 12.1. The Morgan fingerprint density at radius 3 is 2.17 bits per heavy atom. The molecule has 0 aliphatic rings. The predicted molar refractivity (Wildman–Crippen MR) is 76.9 cm³/mol. The van der Waals surface area contributed by atoms with E-state index in [9.17, 15) is 13.2 Å². The van der Waals surface area contributed by atoms with Crippen molar-refractivity contribution in [2.45, 2.75) is 26.8 Å². The van der Waals surface area contributed by atoms with E-state index in [4.69, 9.17) is 0 Å². The number of carbonyl (C=O) groups excluding carboxylic acids is 1. The van der Waals surface area contributed by atoms with Crippen molar-refractivity contribution in [2.75, 3.05) is 32.1 Å². The zero-order valence-electron chi connectivity index (χ0n) is 11.8. The molecule has 0 spiro atoms. The number of hydrogen-bond donors (Lipinski definition) is 1. The first-order valence-corrected chi connectivity index (χ1v) is 7.91. The lowest BCUT2D eigenvalue weighted by atomic mass is 10.1. The molecule has 0 aliphatic carbocycles. The molecule has 110 valence electrons. The van der Waals surface area contributed by atoms with Gasteiger partial charge in [-0.05, 0) is 20.9 Å². The molecule has 0 aromatic rings. The number of carbonyl (C=O) groups is 1. The van der Waals surface area contributed by atoms with Gasteiger partial charge >= 0.3 is 0 Å². The standard InChI is InChI=1S/C11H24N2O3S.ClH/c1-6-13(10(3)8-17(5,15)16)11(14)9(2)7-12-4;/h9-10,12H,6-8H2,1-5H3;1H. The quantitative estimate of drug-likeness (QED) is 0.745. The number of rotatable bonds is 7. The molecule has 0 saturated heterocycles. The van der Waals surface area contributed by atoms with Crippen molar-refractivity contribution in [3.8, 4) is 0 Å². The summed E-state index contributed by atoms with van der Waals surface area (Å²) in [5.74, 6) is -0.126. The molecular weight excluding hydrogens is 276 g/mol. The number of hydrogen-bond acceptors (Lipinski definition) is 4. The van der Waals surface area contributed by atoms with Gasteiger partial charge in [0.25, 0.3) is 0 Å². The van der Waals surface area contributed by atoms with E-state index in [1.807, 2.05) is 13.8 Å². The van der Waals surface area contributed by atoms with Gasteiger partial charge < -0.3 is 10.2 Å². The average Bonchev–Trinajstić information content (AvgIpc) is 2.16. The van der Waals surface area contributed by atoms with Gasteiger partial charge in [0, 0.05) is 31.3 Å². The Morgan fingerprint density at radius 1 is 1.33 bits per heavy atom. The zero-order chi connectivity index (χ0) is 13.6. The molecule has 18 heavy (non-hydrogen) atoms. The summed E-state index contributed by atoms with van der Waals surface area (Å²) in [6.45, 7) is 6.61. The lowest BCUT2D eigenvalue weighted by molar-refractivity contribution is -0.136. The highest BCUT2D eigenvalue weighted by Crippen LogP contribution is 2.08. The van der Waals surface area contributed by atoms with Crippen LogP contribution in [0.1, 0.15) is 20.8 Å². The molecule has 1 N–H and O–H groups in total. The fraction of sp³-hybridized carbons (Fsp3) is 0.909. The van der Waals surface area contributed by atoms with Crippen LogP contribution in [-0.2, 0) is 14.6 Å². The van der Waals surface area contributed by atoms with E-state index in [2.05, 4.69) is 5.32 Å². The predicted octanol–water partition coefficient (Wildman–Crippen LogP) is 0.545. The van der Waals surface area contributed by atoms with Crippen molar-refractivity contribution < 1.29 is 13.2 Å². The van der Waals surface area contributed by atoms with E-state index in [1.165, 1.54) is 6.26 Å². The average molecular weight is 301 g/mol. The summed E-state index contributed by atoms with van der Waals surface area (Å²) in [5.41, 5.74) is 0. The van der Waals surface area contributed by atoms with Crippen LogP contribution in [-0.4, -0.2) is 57.4 Å². The summed E-state index contributed by atoms with van der Waals surface area (Å²) in [4.78, 5) is 13.7. The lowest BCUT2D eigenvalue weighted by Crippen LogP contribution is -2.46. The molecule has 5 nitrogen and oxygen atoms in total. The van der Waals surface area contributed by atoms with Crippen molar-refractivity contribution in [3.63, 3.8) is 0 Å². The minimum Gasteiger partial charge on any atom is -0.339 e. The first-order valence-electron chi connectivity index (χ1n) is 5.85. The molecule has 0 rings (SSSR count). The topological polar surface area (TPSA) is 66.5 Å². The Hall–Kier alpha value is -0.330. The number of halogens is 1. The van der Waals surface area contributed by atoms with E-state index in [-0.39, 0.29) is 36.0 Å². The smallest absolute Gasteiger partial charge is 0.226 e.